The lowest BCUT2D eigenvalue weighted by molar-refractivity contribution is 0.102. The number of rotatable bonds is 6. The second-order valence-corrected chi connectivity index (χ2v) is 6.40. The third-order valence-electron chi connectivity index (χ3n) is 3.89. The minimum Gasteiger partial charge on any atom is -0.497 e. The fourth-order valence-corrected chi connectivity index (χ4v) is 3.35. The van der Waals surface area contributed by atoms with Crippen molar-refractivity contribution in [3.8, 4) is 22.9 Å². The van der Waals surface area contributed by atoms with Gasteiger partial charge in [0.2, 0.25) is 6.79 Å². The van der Waals surface area contributed by atoms with Crippen molar-refractivity contribution in [2.75, 3.05) is 19.7 Å². The molecule has 0 N–H and O–H groups in total. The number of ether oxygens (including phenoxy) is 3. The predicted octanol–water partition coefficient (Wildman–Crippen LogP) is 2.98. The van der Waals surface area contributed by atoms with Gasteiger partial charge in [-0.3, -0.25) is 9.36 Å². The Kier molecular flexibility index (Phi) is 4.49. The molecule has 3 aromatic rings. The number of nitrogens with zero attached hydrogens (tertiary/aromatic N) is 3. The van der Waals surface area contributed by atoms with Crippen molar-refractivity contribution in [1.82, 2.24) is 14.8 Å². The molecule has 0 unspecified atom stereocenters. The van der Waals surface area contributed by atoms with Crippen LogP contribution in [0.3, 0.4) is 0 Å². The van der Waals surface area contributed by atoms with Gasteiger partial charge in [-0.25, -0.2) is 0 Å². The smallest absolute Gasteiger partial charge is 0.231 e. The molecule has 0 bridgehead atoms. The van der Waals surface area contributed by atoms with E-state index in [-0.39, 0.29) is 18.3 Å². The lowest BCUT2D eigenvalue weighted by Crippen LogP contribution is -2.04. The number of aromatic nitrogens is 3. The number of carbonyl (C=O) groups excluding carboxylic acids is 1. The van der Waals surface area contributed by atoms with Crippen LogP contribution in [0, 0.1) is 0 Å². The molecule has 0 saturated heterocycles. The second-order valence-electron chi connectivity index (χ2n) is 5.46. The van der Waals surface area contributed by atoms with Gasteiger partial charge in [0.25, 0.3) is 0 Å². The molecule has 0 spiro atoms. The normalized spacial score (nSPS) is 12.2. The SMILES string of the molecule is COc1ccc(-n2cnnc2SCC(=O)c2ccc3c(c2)OCO3)cc1. The zero-order valence-corrected chi connectivity index (χ0v) is 14.7. The monoisotopic (exact) mass is 369 g/mol. The summed E-state index contributed by atoms with van der Waals surface area (Å²) in [7, 11) is 1.62. The van der Waals surface area contributed by atoms with Crippen molar-refractivity contribution in [3.63, 3.8) is 0 Å². The number of Topliss-reactive ketones (excluding diaryl/α,β-unsaturated/α-hetero) is 1. The average molecular weight is 369 g/mol. The first-order valence-corrected chi connectivity index (χ1v) is 8.83. The lowest BCUT2D eigenvalue weighted by Gasteiger charge is -2.07. The van der Waals surface area contributed by atoms with E-state index >= 15 is 0 Å². The van der Waals surface area contributed by atoms with Crippen molar-refractivity contribution in [3.05, 3.63) is 54.4 Å². The van der Waals surface area contributed by atoms with E-state index in [0.29, 0.717) is 22.2 Å². The van der Waals surface area contributed by atoms with Gasteiger partial charge < -0.3 is 14.2 Å². The molecule has 1 aliphatic heterocycles. The summed E-state index contributed by atoms with van der Waals surface area (Å²) in [4.78, 5) is 12.5. The molecule has 0 saturated carbocycles. The number of benzene rings is 2. The third kappa shape index (κ3) is 3.23. The highest BCUT2D eigenvalue weighted by Gasteiger charge is 2.17. The molecule has 26 heavy (non-hydrogen) atoms. The van der Waals surface area contributed by atoms with Crippen LogP contribution in [0.4, 0.5) is 0 Å². The maximum absolute atomic E-state index is 12.5. The Morgan fingerprint density at radius 2 is 2.00 bits per heavy atom. The number of fused-ring (bicyclic) bond motifs is 1. The maximum atomic E-state index is 12.5. The predicted molar refractivity (Wildman–Crippen MR) is 95.5 cm³/mol. The molecule has 2 aromatic carbocycles. The first kappa shape index (κ1) is 16.5. The lowest BCUT2D eigenvalue weighted by atomic mass is 10.1. The van der Waals surface area contributed by atoms with Crippen molar-refractivity contribution in [2.45, 2.75) is 5.16 Å². The molecule has 0 atom stereocenters. The Balaban J connectivity index is 1.46. The molecule has 0 fully saturated rings. The van der Waals surface area contributed by atoms with Crippen LogP contribution in [0.25, 0.3) is 5.69 Å². The summed E-state index contributed by atoms with van der Waals surface area (Å²) >= 11 is 1.33. The highest BCUT2D eigenvalue weighted by atomic mass is 32.2. The van der Waals surface area contributed by atoms with Gasteiger partial charge >= 0.3 is 0 Å². The summed E-state index contributed by atoms with van der Waals surface area (Å²) < 4.78 is 17.6. The van der Waals surface area contributed by atoms with Gasteiger partial charge in [0, 0.05) is 11.3 Å². The van der Waals surface area contributed by atoms with E-state index in [1.165, 1.54) is 11.8 Å². The van der Waals surface area contributed by atoms with Crippen LogP contribution in [-0.4, -0.2) is 40.2 Å². The van der Waals surface area contributed by atoms with Gasteiger partial charge in [-0.1, -0.05) is 11.8 Å². The van der Waals surface area contributed by atoms with E-state index in [1.807, 2.05) is 28.8 Å². The Labute approximate surface area is 153 Å². The summed E-state index contributed by atoms with van der Waals surface area (Å²) in [6, 6.07) is 12.7. The minimum absolute atomic E-state index is 0.0161. The van der Waals surface area contributed by atoms with E-state index in [4.69, 9.17) is 14.2 Å². The van der Waals surface area contributed by atoms with Crippen LogP contribution >= 0.6 is 11.8 Å². The van der Waals surface area contributed by atoms with E-state index in [0.717, 1.165) is 11.4 Å². The minimum atomic E-state index is -0.0161. The first-order valence-electron chi connectivity index (χ1n) is 7.85. The van der Waals surface area contributed by atoms with Crippen molar-refractivity contribution in [1.29, 1.82) is 0 Å². The van der Waals surface area contributed by atoms with Gasteiger partial charge in [0.15, 0.2) is 22.4 Å². The topological polar surface area (TPSA) is 75.5 Å². The molecule has 2 heterocycles. The molecule has 0 amide bonds. The molecule has 1 aromatic heterocycles. The van der Waals surface area contributed by atoms with E-state index in [1.54, 1.807) is 31.6 Å². The summed E-state index contributed by atoms with van der Waals surface area (Å²) in [6.07, 6.45) is 1.62. The first-order chi connectivity index (χ1) is 12.7. The molecule has 4 rings (SSSR count). The van der Waals surface area contributed by atoms with Gasteiger partial charge in [-0.05, 0) is 42.5 Å². The van der Waals surface area contributed by atoms with Gasteiger partial charge in [0.05, 0.1) is 12.9 Å². The Morgan fingerprint density at radius 1 is 1.19 bits per heavy atom. The highest BCUT2D eigenvalue weighted by Crippen LogP contribution is 2.33. The van der Waals surface area contributed by atoms with Crippen molar-refractivity contribution >= 4 is 17.5 Å². The van der Waals surface area contributed by atoms with Crippen LogP contribution < -0.4 is 14.2 Å². The third-order valence-corrected chi connectivity index (χ3v) is 4.84. The molecule has 0 radical (unpaired) electrons. The molecule has 7 nitrogen and oxygen atoms in total. The summed E-state index contributed by atoms with van der Waals surface area (Å²) in [5, 5.41) is 8.70. The fraction of sp³-hybridized carbons (Fsp3) is 0.167. The second kappa shape index (κ2) is 7.09. The van der Waals surface area contributed by atoms with E-state index in [2.05, 4.69) is 10.2 Å². The van der Waals surface area contributed by atoms with Gasteiger partial charge in [-0.2, -0.15) is 0 Å². The van der Waals surface area contributed by atoms with Crippen LogP contribution in [0.1, 0.15) is 10.4 Å². The van der Waals surface area contributed by atoms with Crippen LogP contribution in [0.2, 0.25) is 0 Å². The quantitative estimate of drug-likeness (QED) is 0.488. The standard InChI is InChI=1S/C18H15N3O4S/c1-23-14-5-3-13(4-6-14)21-10-19-20-18(21)26-9-15(22)12-2-7-16-17(8-12)25-11-24-16/h2-8,10H,9,11H2,1H3. The zero-order valence-electron chi connectivity index (χ0n) is 13.9. The molecule has 0 aliphatic carbocycles. The number of ketones is 1. The molecule has 8 heteroatoms. The molecule has 132 valence electrons. The van der Waals surface area contributed by atoms with E-state index < -0.39 is 0 Å². The zero-order chi connectivity index (χ0) is 17.9. The van der Waals surface area contributed by atoms with Crippen LogP contribution in [0.15, 0.2) is 53.9 Å². The molecular formula is C18H15N3O4S. The summed E-state index contributed by atoms with van der Waals surface area (Å²) in [6.45, 7) is 0.187. The number of thioether (sulfide) groups is 1. The maximum Gasteiger partial charge on any atom is 0.231 e. The van der Waals surface area contributed by atoms with Crippen LogP contribution in [-0.2, 0) is 0 Å². The summed E-state index contributed by atoms with van der Waals surface area (Å²) in [5.74, 6) is 2.26. The summed E-state index contributed by atoms with van der Waals surface area (Å²) in [5.41, 5.74) is 1.48. The largest absolute Gasteiger partial charge is 0.497 e. The number of methoxy groups -OCH3 is 1. The Hall–Kier alpha value is -3.00. The van der Waals surface area contributed by atoms with Crippen LogP contribution in [0.5, 0.6) is 17.2 Å². The number of hydrogen-bond acceptors (Lipinski definition) is 7. The average Bonchev–Trinajstić information content (AvgIpc) is 3.34. The number of hydrogen-bond donors (Lipinski definition) is 0. The highest BCUT2D eigenvalue weighted by molar-refractivity contribution is 7.99. The molecule has 1 aliphatic rings. The Bertz CT molecular complexity index is 940. The Morgan fingerprint density at radius 3 is 2.81 bits per heavy atom. The van der Waals surface area contributed by atoms with Gasteiger partial charge in [0.1, 0.15) is 12.1 Å². The molecular weight excluding hydrogens is 354 g/mol. The van der Waals surface area contributed by atoms with E-state index in [9.17, 15) is 4.79 Å². The van der Waals surface area contributed by atoms with Crippen molar-refractivity contribution < 1.29 is 19.0 Å². The van der Waals surface area contributed by atoms with Gasteiger partial charge in [-0.15, -0.1) is 10.2 Å². The number of carbonyl (C=O) groups is 1. The fourth-order valence-electron chi connectivity index (χ4n) is 2.53. The van der Waals surface area contributed by atoms with Crippen molar-refractivity contribution in [2.24, 2.45) is 0 Å².